The molecule has 3 heterocycles. The van der Waals surface area contributed by atoms with E-state index in [2.05, 4.69) is 20.2 Å². The highest BCUT2D eigenvalue weighted by Gasteiger charge is 2.27. The molecular weight excluding hydrogens is 308 g/mol. The Morgan fingerprint density at radius 3 is 2.79 bits per heavy atom. The molecule has 1 N–H and O–H groups in total. The highest BCUT2D eigenvalue weighted by molar-refractivity contribution is 5.93. The zero-order valence-corrected chi connectivity index (χ0v) is 14.2. The van der Waals surface area contributed by atoms with E-state index in [0.717, 1.165) is 32.6 Å². The van der Waals surface area contributed by atoms with Gasteiger partial charge >= 0.3 is 6.01 Å². The van der Waals surface area contributed by atoms with Crippen LogP contribution in [0.1, 0.15) is 36.0 Å². The van der Waals surface area contributed by atoms with Gasteiger partial charge in [0.15, 0.2) is 0 Å². The Labute approximate surface area is 142 Å². The van der Waals surface area contributed by atoms with E-state index >= 15 is 0 Å². The summed E-state index contributed by atoms with van der Waals surface area (Å²) in [5.74, 6) is 0.380. The van der Waals surface area contributed by atoms with Crippen molar-refractivity contribution >= 4 is 5.91 Å². The van der Waals surface area contributed by atoms with Crippen LogP contribution in [-0.2, 0) is 4.74 Å². The van der Waals surface area contributed by atoms with Crippen LogP contribution in [0.5, 0.6) is 6.01 Å². The zero-order chi connectivity index (χ0) is 16.8. The number of amides is 1. The number of likely N-dealkylation sites (tertiary alicyclic amines) is 1. The van der Waals surface area contributed by atoms with Crippen LogP contribution in [0.4, 0.5) is 0 Å². The summed E-state index contributed by atoms with van der Waals surface area (Å²) in [6, 6.07) is 0.915. The van der Waals surface area contributed by atoms with Gasteiger partial charge in [0.25, 0.3) is 5.91 Å². The lowest BCUT2D eigenvalue weighted by atomic mass is 9.94. The van der Waals surface area contributed by atoms with Crippen molar-refractivity contribution in [2.45, 2.75) is 31.7 Å². The van der Waals surface area contributed by atoms with Gasteiger partial charge in [0.05, 0.1) is 12.7 Å². The Balaban J connectivity index is 1.47. The molecular formula is C17H26N4O3. The van der Waals surface area contributed by atoms with Crippen molar-refractivity contribution in [2.75, 3.05) is 40.0 Å². The van der Waals surface area contributed by atoms with E-state index in [1.807, 2.05) is 0 Å². The fourth-order valence-electron chi connectivity index (χ4n) is 3.52. The summed E-state index contributed by atoms with van der Waals surface area (Å²) in [6.07, 6.45) is 7.61. The molecule has 0 radical (unpaired) electrons. The third-order valence-electron chi connectivity index (χ3n) is 4.88. The zero-order valence-electron chi connectivity index (χ0n) is 14.2. The minimum absolute atomic E-state index is 0.124. The second-order valence-electron chi connectivity index (χ2n) is 6.52. The van der Waals surface area contributed by atoms with Gasteiger partial charge in [0.1, 0.15) is 0 Å². The molecule has 132 valence electrons. The molecule has 1 atom stereocenters. The Kier molecular flexibility index (Phi) is 5.98. The molecule has 0 spiro atoms. The van der Waals surface area contributed by atoms with Crippen molar-refractivity contribution < 1.29 is 14.3 Å². The van der Waals surface area contributed by atoms with E-state index in [-0.39, 0.29) is 11.9 Å². The van der Waals surface area contributed by atoms with E-state index in [1.165, 1.54) is 38.9 Å². The molecule has 0 aromatic carbocycles. The van der Waals surface area contributed by atoms with Gasteiger partial charge < -0.3 is 14.8 Å². The Morgan fingerprint density at radius 2 is 2.08 bits per heavy atom. The molecule has 7 nitrogen and oxygen atoms in total. The molecule has 2 fully saturated rings. The summed E-state index contributed by atoms with van der Waals surface area (Å²) < 4.78 is 10.4. The van der Waals surface area contributed by atoms with E-state index < -0.39 is 0 Å². The number of nitrogens with zero attached hydrogens (tertiary/aromatic N) is 3. The maximum Gasteiger partial charge on any atom is 0.316 e. The van der Waals surface area contributed by atoms with Gasteiger partial charge in [-0.1, -0.05) is 0 Å². The summed E-state index contributed by atoms with van der Waals surface area (Å²) in [5.41, 5.74) is 0.466. The average molecular weight is 334 g/mol. The summed E-state index contributed by atoms with van der Waals surface area (Å²) in [7, 11) is 1.50. The fraction of sp³-hybridized carbons (Fsp3) is 0.706. The van der Waals surface area contributed by atoms with Crippen LogP contribution in [-0.4, -0.2) is 66.8 Å². The summed E-state index contributed by atoms with van der Waals surface area (Å²) in [4.78, 5) is 22.7. The lowest BCUT2D eigenvalue weighted by Gasteiger charge is -2.40. The number of methoxy groups -OCH3 is 1. The number of nitrogens with one attached hydrogen (secondary N) is 1. The monoisotopic (exact) mass is 334 g/mol. The molecule has 2 saturated heterocycles. The van der Waals surface area contributed by atoms with E-state index in [4.69, 9.17) is 9.47 Å². The average Bonchev–Trinajstić information content (AvgIpc) is 2.67. The van der Waals surface area contributed by atoms with Crippen LogP contribution < -0.4 is 10.1 Å². The number of carbonyl (C=O) groups excluding carboxylic acids is 1. The van der Waals surface area contributed by atoms with Crippen molar-refractivity contribution in [3.63, 3.8) is 0 Å². The van der Waals surface area contributed by atoms with Gasteiger partial charge in [-0.05, 0) is 38.1 Å². The Bertz CT molecular complexity index is 531. The van der Waals surface area contributed by atoms with Gasteiger partial charge in [0, 0.05) is 44.7 Å². The number of hydrogen-bond donors (Lipinski definition) is 1. The maximum atomic E-state index is 12.2. The van der Waals surface area contributed by atoms with Crippen molar-refractivity contribution in [3.8, 4) is 6.01 Å². The van der Waals surface area contributed by atoms with Crippen LogP contribution in [0.25, 0.3) is 0 Å². The molecule has 1 aromatic heterocycles. The standard InChI is InChI=1S/C17H26N4O3/c1-23-17-19-10-14(11-20-17)16(22)18-9-13-3-2-6-21(12-13)15-4-7-24-8-5-15/h10-11,13,15H,2-9,12H2,1H3,(H,18,22)/t13-/m0/s1. The summed E-state index contributed by atoms with van der Waals surface area (Å²) >= 11 is 0. The minimum atomic E-state index is -0.124. The first-order valence-corrected chi connectivity index (χ1v) is 8.72. The third-order valence-corrected chi connectivity index (χ3v) is 4.88. The fourth-order valence-corrected chi connectivity index (χ4v) is 3.52. The molecule has 1 amide bonds. The van der Waals surface area contributed by atoms with Gasteiger partial charge in [-0.2, -0.15) is 0 Å². The first-order valence-electron chi connectivity index (χ1n) is 8.72. The molecule has 0 bridgehead atoms. The number of ether oxygens (including phenoxy) is 2. The molecule has 0 saturated carbocycles. The number of aromatic nitrogens is 2. The second kappa shape index (κ2) is 8.39. The number of piperidine rings is 1. The van der Waals surface area contributed by atoms with Gasteiger partial charge in [-0.25, -0.2) is 9.97 Å². The normalized spacial score (nSPS) is 23.0. The molecule has 24 heavy (non-hydrogen) atoms. The molecule has 1 aromatic rings. The van der Waals surface area contributed by atoms with Gasteiger partial charge in [-0.15, -0.1) is 0 Å². The highest BCUT2D eigenvalue weighted by atomic mass is 16.5. The number of hydrogen-bond acceptors (Lipinski definition) is 6. The molecule has 2 aliphatic rings. The maximum absolute atomic E-state index is 12.2. The van der Waals surface area contributed by atoms with Gasteiger partial charge in [-0.3, -0.25) is 9.69 Å². The largest absolute Gasteiger partial charge is 0.467 e. The minimum Gasteiger partial charge on any atom is -0.467 e. The first-order chi connectivity index (χ1) is 11.8. The van der Waals surface area contributed by atoms with E-state index in [0.29, 0.717) is 24.1 Å². The van der Waals surface area contributed by atoms with Crippen LogP contribution >= 0.6 is 0 Å². The lowest BCUT2D eigenvalue weighted by molar-refractivity contribution is 0.0179. The van der Waals surface area contributed by atoms with Crippen LogP contribution in [0.15, 0.2) is 12.4 Å². The third kappa shape index (κ3) is 4.42. The Hall–Kier alpha value is -1.73. The van der Waals surface area contributed by atoms with Crippen molar-refractivity contribution in [1.82, 2.24) is 20.2 Å². The lowest BCUT2D eigenvalue weighted by Crippen LogP contribution is -2.47. The molecule has 0 unspecified atom stereocenters. The van der Waals surface area contributed by atoms with E-state index in [9.17, 15) is 4.79 Å². The first kappa shape index (κ1) is 17.1. The van der Waals surface area contributed by atoms with Crippen LogP contribution in [0.2, 0.25) is 0 Å². The predicted molar refractivity (Wildman–Crippen MR) is 89.1 cm³/mol. The van der Waals surface area contributed by atoms with Crippen LogP contribution in [0.3, 0.4) is 0 Å². The van der Waals surface area contributed by atoms with Crippen LogP contribution in [0, 0.1) is 5.92 Å². The summed E-state index contributed by atoms with van der Waals surface area (Å²) in [5, 5.41) is 3.02. The number of rotatable bonds is 5. The highest BCUT2D eigenvalue weighted by Crippen LogP contribution is 2.22. The molecule has 3 rings (SSSR count). The quantitative estimate of drug-likeness (QED) is 0.869. The predicted octanol–water partition coefficient (Wildman–Crippen LogP) is 1.11. The van der Waals surface area contributed by atoms with Crippen molar-refractivity contribution in [1.29, 1.82) is 0 Å². The molecule has 7 heteroatoms. The van der Waals surface area contributed by atoms with E-state index in [1.54, 1.807) is 0 Å². The second-order valence-corrected chi connectivity index (χ2v) is 6.52. The molecule has 2 aliphatic heterocycles. The summed E-state index contributed by atoms with van der Waals surface area (Å²) in [6.45, 7) is 4.68. The SMILES string of the molecule is COc1ncc(C(=O)NC[C@@H]2CCCN(C3CCOCC3)C2)cn1. The molecule has 0 aliphatic carbocycles. The van der Waals surface area contributed by atoms with Crippen molar-refractivity contribution in [3.05, 3.63) is 18.0 Å². The Morgan fingerprint density at radius 1 is 1.33 bits per heavy atom. The number of carbonyl (C=O) groups is 1. The smallest absolute Gasteiger partial charge is 0.316 e. The topological polar surface area (TPSA) is 76.6 Å². The van der Waals surface area contributed by atoms with Crippen molar-refractivity contribution in [2.24, 2.45) is 5.92 Å². The van der Waals surface area contributed by atoms with Gasteiger partial charge in [0.2, 0.25) is 0 Å².